The van der Waals surface area contributed by atoms with Gasteiger partial charge in [0.25, 0.3) is 0 Å². The van der Waals surface area contributed by atoms with Gasteiger partial charge in [0.05, 0.1) is 12.5 Å². The van der Waals surface area contributed by atoms with Gasteiger partial charge in [-0.15, -0.1) is 0 Å². The summed E-state index contributed by atoms with van der Waals surface area (Å²) in [6.07, 6.45) is -8.22. The van der Waals surface area contributed by atoms with Crippen LogP contribution < -0.4 is 0 Å². The molecule has 1 fully saturated rings. The highest BCUT2D eigenvalue weighted by Gasteiger charge is 2.43. The summed E-state index contributed by atoms with van der Waals surface area (Å²) in [7, 11) is 0. The van der Waals surface area contributed by atoms with E-state index in [1.54, 1.807) is 0 Å². The number of ether oxygens (including phenoxy) is 1. The van der Waals surface area contributed by atoms with Gasteiger partial charge in [-0.25, -0.2) is 0 Å². The lowest BCUT2D eigenvalue weighted by Crippen LogP contribution is -2.57. The van der Waals surface area contributed by atoms with Crippen LogP contribution in [0.15, 0.2) is 0 Å². The number of carboxylic acid groups (broad SMARTS) is 1. The molecule has 1 aliphatic rings. The fourth-order valence-electron chi connectivity index (χ4n) is 1.27. The molecule has 5 atom stereocenters. The normalized spacial score (nSPS) is 43.6. The van der Waals surface area contributed by atoms with Gasteiger partial charge in [-0.3, -0.25) is 4.79 Å². The summed E-state index contributed by atoms with van der Waals surface area (Å²) in [5, 5.41) is 44.9. The highest BCUT2D eigenvalue weighted by Crippen LogP contribution is 2.21. The Labute approximate surface area is 79.2 Å². The molecule has 0 aromatic rings. The molecule has 0 aromatic heterocycles. The first-order chi connectivity index (χ1) is 6.43. The van der Waals surface area contributed by atoms with Gasteiger partial charge in [0.2, 0.25) is 0 Å². The fraction of sp³-hybridized carbons (Fsp3) is 0.857. The van der Waals surface area contributed by atoms with Gasteiger partial charge in [-0.2, -0.15) is 0 Å². The molecule has 82 valence electrons. The lowest BCUT2D eigenvalue weighted by atomic mass is 9.97. The van der Waals surface area contributed by atoms with Gasteiger partial charge in [0.1, 0.15) is 18.3 Å². The molecule has 0 aliphatic carbocycles. The maximum atomic E-state index is 10.3. The maximum absolute atomic E-state index is 10.3. The predicted octanol–water partition coefficient (Wildman–Crippen LogP) is -2.74. The number of carbonyl (C=O) groups is 1. The van der Waals surface area contributed by atoms with Crippen molar-refractivity contribution in [2.24, 2.45) is 0 Å². The summed E-state index contributed by atoms with van der Waals surface area (Å²) >= 11 is 0. The van der Waals surface area contributed by atoms with Crippen LogP contribution >= 0.6 is 0 Å². The van der Waals surface area contributed by atoms with Crippen LogP contribution in [0.1, 0.15) is 6.42 Å². The van der Waals surface area contributed by atoms with Crippen molar-refractivity contribution in [3.63, 3.8) is 0 Å². The topological polar surface area (TPSA) is 127 Å². The van der Waals surface area contributed by atoms with Crippen molar-refractivity contribution >= 4 is 5.97 Å². The molecule has 1 rings (SSSR count). The molecule has 0 saturated carbocycles. The van der Waals surface area contributed by atoms with Crippen LogP contribution in [0.5, 0.6) is 0 Å². The predicted molar refractivity (Wildman–Crippen MR) is 41.2 cm³/mol. The second kappa shape index (κ2) is 4.20. The molecule has 0 radical (unpaired) electrons. The highest BCUT2D eigenvalue weighted by molar-refractivity contribution is 5.67. The van der Waals surface area contributed by atoms with E-state index < -0.39 is 43.1 Å². The lowest BCUT2D eigenvalue weighted by Gasteiger charge is -2.37. The van der Waals surface area contributed by atoms with Crippen LogP contribution in [0.2, 0.25) is 0 Å². The van der Waals surface area contributed by atoms with Crippen LogP contribution in [0.25, 0.3) is 0 Å². The summed E-state index contributed by atoms with van der Waals surface area (Å²) in [6, 6.07) is 0. The largest absolute Gasteiger partial charge is 0.481 e. The van der Waals surface area contributed by atoms with E-state index >= 15 is 0 Å². The van der Waals surface area contributed by atoms with Gasteiger partial charge in [-0.05, 0) is 0 Å². The van der Waals surface area contributed by atoms with Crippen molar-refractivity contribution in [3.05, 3.63) is 0 Å². The second-order valence-electron chi connectivity index (χ2n) is 3.13. The van der Waals surface area contributed by atoms with Crippen molar-refractivity contribution in [2.75, 3.05) is 0 Å². The number of carboxylic acids is 1. The first kappa shape index (κ1) is 11.3. The Morgan fingerprint density at radius 1 is 1.07 bits per heavy atom. The minimum absolute atomic E-state index is 0.554. The first-order valence-corrected chi connectivity index (χ1v) is 4.03. The monoisotopic (exact) mass is 208 g/mol. The number of hydrogen-bond acceptors (Lipinski definition) is 6. The van der Waals surface area contributed by atoms with Crippen LogP contribution in [0, 0.1) is 0 Å². The summed E-state index contributed by atoms with van der Waals surface area (Å²) in [6.45, 7) is 0. The Morgan fingerprint density at radius 2 is 1.64 bits per heavy atom. The lowest BCUT2D eigenvalue weighted by molar-refractivity contribution is -0.282. The van der Waals surface area contributed by atoms with Crippen LogP contribution in [-0.2, 0) is 9.53 Å². The summed E-state index contributed by atoms with van der Waals surface area (Å²) in [4.78, 5) is 10.3. The molecular formula is C7H12O7. The minimum atomic E-state index is -1.68. The van der Waals surface area contributed by atoms with Crippen molar-refractivity contribution in [3.8, 4) is 0 Å². The third-order valence-electron chi connectivity index (χ3n) is 2.06. The van der Waals surface area contributed by atoms with E-state index in [-0.39, 0.29) is 0 Å². The van der Waals surface area contributed by atoms with Crippen molar-refractivity contribution in [2.45, 2.75) is 37.1 Å². The molecule has 0 aromatic carbocycles. The van der Waals surface area contributed by atoms with E-state index in [1.165, 1.54) is 0 Å². The zero-order chi connectivity index (χ0) is 10.9. The molecule has 1 heterocycles. The Bertz CT molecular complexity index is 218. The average molecular weight is 208 g/mol. The number of hydrogen-bond donors (Lipinski definition) is 5. The minimum Gasteiger partial charge on any atom is -0.481 e. The van der Waals surface area contributed by atoms with Gasteiger partial charge < -0.3 is 30.3 Å². The quantitative estimate of drug-likeness (QED) is 0.333. The number of aliphatic carboxylic acids is 1. The Hall–Kier alpha value is -0.730. The van der Waals surface area contributed by atoms with Crippen molar-refractivity contribution < 1.29 is 35.1 Å². The Kier molecular flexibility index (Phi) is 3.40. The smallest absolute Gasteiger partial charge is 0.306 e. The Balaban J connectivity index is 2.65. The van der Waals surface area contributed by atoms with Gasteiger partial charge in [0.15, 0.2) is 6.29 Å². The molecular weight excluding hydrogens is 196 g/mol. The van der Waals surface area contributed by atoms with E-state index in [1.807, 2.05) is 0 Å². The summed E-state index contributed by atoms with van der Waals surface area (Å²) in [5.74, 6) is -1.23. The number of aliphatic hydroxyl groups excluding tert-OH is 4. The third kappa shape index (κ3) is 2.20. The van der Waals surface area contributed by atoms with Gasteiger partial charge in [-0.1, -0.05) is 0 Å². The maximum Gasteiger partial charge on any atom is 0.306 e. The molecule has 0 unspecified atom stereocenters. The zero-order valence-corrected chi connectivity index (χ0v) is 7.15. The molecule has 1 aliphatic heterocycles. The zero-order valence-electron chi connectivity index (χ0n) is 7.15. The first-order valence-electron chi connectivity index (χ1n) is 4.03. The third-order valence-corrected chi connectivity index (χ3v) is 2.06. The van der Waals surface area contributed by atoms with E-state index in [0.717, 1.165) is 0 Å². The summed E-state index contributed by atoms with van der Waals surface area (Å²) in [5.41, 5.74) is 0. The van der Waals surface area contributed by atoms with Crippen LogP contribution in [0.3, 0.4) is 0 Å². The molecule has 7 heteroatoms. The van der Waals surface area contributed by atoms with E-state index in [9.17, 15) is 9.90 Å². The standard InChI is InChI=1S/C7H12O7/c8-3(9)1-2-4(10)5(11)6(12)7(13)14-2/h2,4-7,10-13H,1H2,(H,8,9)/t2-,4-,5+,6+,7-/m1/s1. The highest BCUT2D eigenvalue weighted by atomic mass is 16.6. The molecule has 0 spiro atoms. The van der Waals surface area contributed by atoms with Gasteiger partial charge in [0, 0.05) is 0 Å². The second-order valence-corrected chi connectivity index (χ2v) is 3.13. The average Bonchev–Trinajstić information content (AvgIpc) is 2.10. The van der Waals surface area contributed by atoms with E-state index in [4.69, 9.17) is 20.4 Å². The SMILES string of the molecule is O=C(O)C[C@H]1O[C@@H](O)[C@@H](O)[C@@H](O)[C@@H]1O. The van der Waals surface area contributed by atoms with Gasteiger partial charge >= 0.3 is 5.97 Å². The summed E-state index contributed by atoms with van der Waals surface area (Å²) < 4.78 is 4.61. The molecule has 0 bridgehead atoms. The number of aliphatic hydroxyl groups is 4. The molecule has 1 saturated heterocycles. The van der Waals surface area contributed by atoms with E-state index in [0.29, 0.717) is 0 Å². The van der Waals surface area contributed by atoms with Crippen LogP contribution in [0.4, 0.5) is 0 Å². The molecule has 0 amide bonds. The van der Waals surface area contributed by atoms with Crippen molar-refractivity contribution in [1.82, 2.24) is 0 Å². The Morgan fingerprint density at radius 3 is 2.14 bits per heavy atom. The van der Waals surface area contributed by atoms with Crippen LogP contribution in [-0.4, -0.2) is 62.2 Å². The van der Waals surface area contributed by atoms with E-state index in [2.05, 4.69) is 4.74 Å². The number of rotatable bonds is 2. The molecule has 5 N–H and O–H groups in total. The fourth-order valence-corrected chi connectivity index (χ4v) is 1.27. The molecule has 14 heavy (non-hydrogen) atoms. The molecule has 7 nitrogen and oxygen atoms in total. The van der Waals surface area contributed by atoms with Crippen molar-refractivity contribution in [1.29, 1.82) is 0 Å².